The van der Waals surface area contributed by atoms with Gasteiger partial charge in [-0.2, -0.15) is 0 Å². The number of nitrogens with zero attached hydrogens (tertiary/aromatic N) is 3. The summed E-state index contributed by atoms with van der Waals surface area (Å²) in [5.74, 6) is -0.378. The van der Waals surface area contributed by atoms with Gasteiger partial charge in [-0.15, -0.1) is 11.3 Å². The van der Waals surface area contributed by atoms with E-state index < -0.39 is 10.0 Å². The minimum absolute atomic E-state index is 0.118. The zero-order chi connectivity index (χ0) is 20.4. The summed E-state index contributed by atoms with van der Waals surface area (Å²) in [4.78, 5) is 31.1. The van der Waals surface area contributed by atoms with Gasteiger partial charge in [0.2, 0.25) is 15.9 Å². The van der Waals surface area contributed by atoms with Crippen LogP contribution in [0.4, 0.5) is 10.8 Å². The Morgan fingerprint density at radius 3 is 2.59 bits per heavy atom. The molecule has 1 aromatic heterocycles. The molecule has 4 rings (SSSR count). The van der Waals surface area contributed by atoms with E-state index in [1.54, 1.807) is 40.7 Å². The van der Waals surface area contributed by atoms with E-state index in [0.29, 0.717) is 42.4 Å². The van der Waals surface area contributed by atoms with E-state index in [9.17, 15) is 18.0 Å². The molecule has 3 heterocycles. The Bertz CT molecular complexity index is 990. The van der Waals surface area contributed by atoms with Gasteiger partial charge in [-0.05, 0) is 43.5 Å². The molecule has 154 valence electrons. The number of likely N-dealkylation sites (tertiary alicyclic amines) is 1. The molecule has 10 heteroatoms. The van der Waals surface area contributed by atoms with Crippen molar-refractivity contribution < 1.29 is 18.0 Å². The monoisotopic (exact) mass is 434 g/mol. The highest BCUT2D eigenvalue weighted by atomic mass is 32.2. The lowest BCUT2D eigenvalue weighted by Gasteiger charge is -2.32. The Balaban J connectivity index is 1.41. The standard InChI is InChI=1S/C19H22N4O4S2/c24-17(21-19-20-8-11-28-19)15-3-1-9-22(13-15)18(25)14-4-6-16(7-5-14)23-10-2-12-29(23,26)27/h4-8,11,15H,1-3,9-10,12-13H2,(H,20,21,24). The average molecular weight is 435 g/mol. The minimum Gasteiger partial charge on any atom is -0.338 e. The molecule has 2 aliphatic rings. The highest BCUT2D eigenvalue weighted by Crippen LogP contribution is 2.26. The quantitative estimate of drug-likeness (QED) is 0.795. The van der Waals surface area contributed by atoms with Crippen LogP contribution in [-0.4, -0.2) is 55.5 Å². The summed E-state index contributed by atoms with van der Waals surface area (Å²) in [6, 6.07) is 6.66. The molecule has 2 aliphatic heterocycles. The van der Waals surface area contributed by atoms with Gasteiger partial charge in [-0.3, -0.25) is 13.9 Å². The summed E-state index contributed by atoms with van der Waals surface area (Å²) >= 11 is 1.36. The Labute approximate surface area is 173 Å². The van der Waals surface area contributed by atoms with E-state index in [-0.39, 0.29) is 23.5 Å². The lowest BCUT2D eigenvalue weighted by atomic mass is 9.96. The van der Waals surface area contributed by atoms with Crippen molar-refractivity contribution >= 4 is 44.0 Å². The van der Waals surface area contributed by atoms with Gasteiger partial charge >= 0.3 is 0 Å². The van der Waals surface area contributed by atoms with Gasteiger partial charge in [-0.1, -0.05) is 0 Å². The minimum atomic E-state index is -3.24. The van der Waals surface area contributed by atoms with Crippen LogP contribution in [0.3, 0.4) is 0 Å². The van der Waals surface area contributed by atoms with Crippen molar-refractivity contribution in [1.82, 2.24) is 9.88 Å². The fourth-order valence-electron chi connectivity index (χ4n) is 3.75. The van der Waals surface area contributed by atoms with Gasteiger partial charge in [0.15, 0.2) is 5.13 Å². The van der Waals surface area contributed by atoms with Crippen molar-refractivity contribution in [3.63, 3.8) is 0 Å². The van der Waals surface area contributed by atoms with Gasteiger partial charge in [0.25, 0.3) is 5.91 Å². The Morgan fingerprint density at radius 1 is 1.14 bits per heavy atom. The Hall–Kier alpha value is -2.46. The number of rotatable bonds is 4. The first-order valence-electron chi connectivity index (χ1n) is 9.54. The molecule has 0 aliphatic carbocycles. The predicted octanol–water partition coefficient (Wildman–Crippen LogP) is 2.17. The zero-order valence-corrected chi connectivity index (χ0v) is 17.4. The Kier molecular flexibility index (Phi) is 5.55. The van der Waals surface area contributed by atoms with Gasteiger partial charge < -0.3 is 10.2 Å². The number of sulfonamides is 1. The lowest BCUT2D eigenvalue weighted by molar-refractivity contribution is -0.121. The van der Waals surface area contributed by atoms with Crippen LogP contribution in [0.1, 0.15) is 29.6 Å². The third-order valence-corrected chi connectivity index (χ3v) is 7.80. The second-order valence-corrected chi connectivity index (χ2v) is 10.1. The van der Waals surface area contributed by atoms with Crippen LogP contribution in [0.15, 0.2) is 35.8 Å². The van der Waals surface area contributed by atoms with Crippen molar-refractivity contribution in [1.29, 1.82) is 0 Å². The third kappa shape index (κ3) is 4.27. The van der Waals surface area contributed by atoms with Crippen LogP contribution < -0.4 is 9.62 Å². The van der Waals surface area contributed by atoms with Crippen molar-refractivity contribution in [2.24, 2.45) is 5.92 Å². The number of thiazole rings is 1. The highest BCUT2D eigenvalue weighted by Gasteiger charge is 2.30. The SMILES string of the molecule is O=C(Nc1nccs1)C1CCCN(C(=O)c2ccc(N3CCCS3(=O)=O)cc2)C1. The van der Waals surface area contributed by atoms with E-state index in [2.05, 4.69) is 10.3 Å². The summed E-state index contributed by atoms with van der Waals surface area (Å²) < 4.78 is 25.5. The number of nitrogens with one attached hydrogen (secondary N) is 1. The lowest BCUT2D eigenvalue weighted by Crippen LogP contribution is -2.43. The molecule has 29 heavy (non-hydrogen) atoms. The molecule has 0 saturated carbocycles. The molecule has 1 unspecified atom stereocenters. The molecular weight excluding hydrogens is 412 g/mol. The molecule has 0 spiro atoms. The van der Waals surface area contributed by atoms with Crippen LogP contribution in [-0.2, 0) is 14.8 Å². The van der Waals surface area contributed by atoms with Gasteiger partial charge in [-0.25, -0.2) is 13.4 Å². The number of hydrogen-bond donors (Lipinski definition) is 1. The smallest absolute Gasteiger partial charge is 0.253 e. The van der Waals surface area contributed by atoms with E-state index in [1.165, 1.54) is 15.6 Å². The predicted molar refractivity (Wildman–Crippen MR) is 112 cm³/mol. The van der Waals surface area contributed by atoms with Crippen molar-refractivity contribution in [2.45, 2.75) is 19.3 Å². The highest BCUT2D eigenvalue weighted by molar-refractivity contribution is 7.93. The van der Waals surface area contributed by atoms with E-state index in [0.717, 1.165) is 12.8 Å². The number of carbonyl (C=O) groups excluding carboxylic acids is 2. The fourth-order valence-corrected chi connectivity index (χ4v) is 5.85. The maximum absolute atomic E-state index is 12.9. The summed E-state index contributed by atoms with van der Waals surface area (Å²) in [5.41, 5.74) is 1.07. The molecule has 0 radical (unpaired) electrons. The first kappa shape index (κ1) is 19.8. The molecule has 2 saturated heterocycles. The summed E-state index contributed by atoms with van der Waals surface area (Å²) in [7, 11) is -3.24. The number of hydrogen-bond acceptors (Lipinski definition) is 6. The maximum atomic E-state index is 12.9. The fraction of sp³-hybridized carbons (Fsp3) is 0.421. The van der Waals surface area contributed by atoms with Crippen LogP contribution in [0.5, 0.6) is 0 Å². The number of anilines is 2. The van der Waals surface area contributed by atoms with Crippen LogP contribution in [0.2, 0.25) is 0 Å². The average Bonchev–Trinajstić information content (AvgIpc) is 3.36. The third-order valence-electron chi connectivity index (χ3n) is 5.24. The number of aromatic nitrogens is 1. The summed E-state index contributed by atoms with van der Waals surface area (Å²) in [6.45, 7) is 1.43. The molecule has 0 bridgehead atoms. The summed E-state index contributed by atoms with van der Waals surface area (Å²) in [6.07, 6.45) is 3.73. The van der Waals surface area contributed by atoms with Gasteiger partial charge in [0, 0.05) is 36.8 Å². The van der Waals surface area contributed by atoms with Gasteiger partial charge in [0.05, 0.1) is 17.4 Å². The van der Waals surface area contributed by atoms with Crippen molar-refractivity contribution in [3.8, 4) is 0 Å². The van der Waals surface area contributed by atoms with Crippen LogP contribution in [0.25, 0.3) is 0 Å². The largest absolute Gasteiger partial charge is 0.338 e. The molecule has 2 amide bonds. The second-order valence-electron chi connectivity index (χ2n) is 7.21. The normalized spacial score (nSPS) is 21.2. The second kappa shape index (κ2) is 8.11. The molecule has 2 aromatic rings. The van der Waals surface area contributed by atoms with Crippen molar-refractivity contribution in [2.75, 3.05) is 35.0 Å². The van der Waals surface area contributed by atoms with E-state index in [4.69, 9.17) is 0 Å². The molecule has 8 nitrogen and oxygen atoms in total. The maximum Gasteiger partial charge on any atom is 0.253 e. The molecule has 1 N–H and O–H groups in total. The summed E-state index contributed by atoms with van der Waals surface area (Å²) in [5, 5.41) is 5.16. The number of benzene rings is 1. The first-order valence-corrected chi connectivity index (χ1v) is 12.0. The van der Waals surface area contributed by atoms with Gasteiger partial charge in [0.1, 0.15) is 0 Å². The first-order chi connectivity index (χ1) is 13.9. The van der Waals surface area contributed by atoms with Crippen LogP contribution >= 0.6 is 11.3 Å². The zero-order valence-electron chi connectivity index (χ0n) is 15.8. The Morgan fingerprint density at radius 2 is 1.93 bits per heavy atom. The molecule has 1 atom stereocenters. The number of piperidine rings is 1. The molecule has 1 aromatic carbocycles. The number of carbonyl (C=O) groups is 2. The van der Waals surface area contributed by atoms with E-state index in [1.807, 2.05) is 0 Å². The van der Waals surface area contributed by atoms with Crippen LogP contribution in [0, 0.1) is 5.92 Å². The topological polar surface area (TPSA) is 99.7 Å². The molecular formula is C19H22N4O4S2. The number of amides is 2. The molecule has 2 fully saturated rings. The van der Waals surface area contributed by atoms with Crippen molar-refractivity contribution in [3.05, 3.63) is 41.4 Å². The van der Waals surface area contributed by atoms with E-state index >= 15 is 0 Å².